The van der Waals surface area contributed by atoms with E-state index in [1.54, 1.807) is 22.5 Å². The first-order valence-corrected chi connectivity index (χ1v) is 11.4. The van der Waals surface area contributed by atoms with E-state index in [0.29, 0.717) is 24.5 Å². The van der Waals surface area contributed by atoms with Crippen LogP contribution in [0.2, 0.25) is 0 Å². The van der Waals surface area contributed by atoms with Gasteiger partial charge in [0.2, 0.25) is 15.9 Å². The highest BCUT2D eigenvalue weighted by Crippen LogP contribution is 2.31. The molecular weight excluding hydrogens is 398 g/mol. The Morgan fingerprint density at radius 2 is 1.93 bits per heavy atom. The standard InChI is InChI=1S/C20H31N3O3S.ClH/c1-20(21)11-4-3-10-18(20)19(24)22-15-16-8-7-9-17(14-16)27(25,26)23-12-5-2-6-13-23;/h7-9,14,18H,2-6,10-13,15,21H2,1H3,(H,22,24);1H. The lowest BCUT2D eigenvalue weighted by molar-refractivity contribution is -0.128. The molecule has 0 bridgehead atoms. The van der Waals surface area contributed by atoms with Gasteiger partial charge in [0, 0.05) is 25.2 Å². The van der Waals surface area contributed by atoms with Gasteiger partial charge in [-0.1, -0.05) is 31.4 Å². The zero-order chi connectivity index (χ0) is 19.5. The van der Waals surface area contributed by atoms with Crippen LogP contribution in [-0.2, 0) is 21.4 Å². The molecular formula is C20H32ClN3O3S. The zero-order valence-corrected chi connectivity index (χ0v) is 18.2. The highest BCUT2D eigenvalue weighted by molar-refractivity contribution is 7.89. The summed E-state index contributed by atoms with van der Waals surface area (Å²) in [6.45, 7) is 3.43. The number of nitrogens with zero attached hydrogens (tertiary/aromatic N) is 1. The van der Waals surface area contributed by atoms with Gasteiger partial charge in [-0.15, -0.1) is 12.4 Å². The molecule has 3 N–H and O–H groups in total. The Labute approximate surface area is 174 Å². The van der Waals surface area contributed by atoms with E-state index < -0.39 is 15.6 Å². The number of amides is 1. The topological polar surface area (TPSA) is 92.5 Å². The maximum atomic E-state index is 12.8. The molecule has 0 spiro atoms. The molecule has 1 aromatic carbocycles. The largest absolute Gasteiger partial charge is 0.352 e. The number of benzene rings is 1. The van der Waals surface area contributed by atoms with Crippen molar-refractivity contribution in [2.45, 2.75) is 68.8 Å². The Morgan fingerprint density at radius 1 is 1.21 bits per heavy atom. The Morgan fingerprint density at radius 3 is 2.61 bits per heavy atom. The van der Waals surface area contributed by atoms with Crippen LogP contribution >= 0.6 is 12.4 Å². The molecule has 2 unspecified atom stereocenters. The van der Waals surface area contributed by atoms with Crippen molar-refractivity contribution in [1.29, 1.82) is 0 Å². The Bertz CT molecular complexity index is 777. The second-order valence-corrected chi connectivity index (χ2v) is 10.1. The zero-order valence-electron chi connectivity index (χ0n) is 16.5. The van der Waals surface area contributed by atoms with E-state index >= 15 is 0 Å². The third-order valence-corrected chi connectivity index (χ3v) is 7.78. The highest BCUT2D eigenvalue weighted by atomic mass is 35.5. The van der Waals surface area contributed by atoms with Crippen LogP contribution in [0.3, 0.4) is 0 Å². The summed E-state index contributed by atoms with van der Waals surface area (Å²) in [4.78, 5) is 12.9. The fourth-order valence-corrected chi connectivity index (χ4v) is 5.76. The number of carbonyl (C=O) groups is 1. The van der Waals surface area contributed by atoms with Crippen LogP contribution in [0.1, 0.15) is 57.4 Å². The van der Waals surface area contributed by atoms with E-state index in [4.69, 9.17) is 5.73 Å². The van der Waals surface area contributed by atoms with Crippen molar-refractivity contribution in [3.8, 4) is 0 Å². The number of rotatable bonds is 5. The first-order valence-electron chi connectivity index (χ1n) is 9.96. The molecule has 1 heterocycles. The van der Waals surface area contributed by atoms with E-state index in [1.165, 1.54) is 0 Å². The van der Waals surface area contributed by atoms with E-state index in [9.17, 15) is 13.2 Å². The summed E-state index contributed by atoms with van der Waals surface area (Å²) in [5.41, 5.74) is 6.63. The highest BCUT2D eigenvalue weighted by Gasteiger charge is 2.37. The molecule has 158 valence electrons. The van der Waals surface area contributed by atoms with E-state index in [0.717, 1.165) is 50.5 Å². The monoisotopic (exact) mass is 429 g/mol. The minimum absolute atomic E-state index is 0. The minimum atomic E-state index is -3.46. The summed E-state index contributed by atoms with van der Waals surface area (Å²) >= 11 is 0. The summed E-state index contributed by atoms with van der Waals surface area (Å²) in [6, 6.07) is 6.89. The first kappa shape index (κ1) is 23.1. The van der Waals surface area contributed by atoms with E-state index in [1.807, 2.05) is 13.0 Å². The predicted molar refractivity (Wildman–Crippen MR) is 113 cm³/mol. The molecule has 3 rings (SSSR count). The molecule has 1 aliphatic carbocycles. The molecule has 6 nitrogen and oxygen atoms in total. The third kappa shape index (κ3) is 5.26. The van der Waals surface area contributed by atoms with Crippen LogP contribution in [0, 0.1) is 5.92 Å². The Hall–Kier alpha value is -1.15. The van der Waals surface area contributed by atoms with Crippen LogP contribution in [0.5, 0.6) is 0 Å². The van der Waals surface area contributed by atoms with Gasteiger partial charge in [0.15, 0.2) is 0 Å². The molecule has 1 saturated carbocycles. The predicted octanol–water partition coefficient (Wildman–Crippen LogP) is 2.81. The molecule has 1 amide bonds. The molecule has 2 aliphatic rings. The van der Waals surface area contributed by atoms with Crippen molar-refractivity contribution in [1.82, 2.24) is 9.62 Å². The molecule has 0 radical (unpaired) electrons. The smallest absolute Gasteiger partial charge is 0.243 e. The van der Waals surface area contributed by atoms with Crippen LogP contribution in [-0.4, -0.2) is 37.3 Å². The summed E-state index contributed by atoms with van der Waals surface area (Å²) < 4.78 is 27.2. The molecule has 28 heavy (non-hydrogen) atoms. The molecule has 0 aromatic heterocycles. The van der Waals surface area contributed by atoms with Gasteiger partial charge in [-0.2, -0.15) is 4.31 Å². The van der Waals surface area contributed by atoms with Crippen LogP contribution in [0.15, 0.2) is 29.2 Å². The SMILES string of the molecule is CC1(N)CCCCC1C(=O)NCc1cccc(S(=O)(=O)N2CCCCC2)c1.Cl. The maximum Gasteiger partial charge on any atom is 0.243 e. The molecule has 8 heteroatoms. The van der Waals surface area contributed by atoms with Crippen molar-refractivity contribution < 1.29 is 13.2 Å². The fraction of sp³-hybridized carbons (Fsp3) is 0.650. The molecule has 2 atom stereocenters. The minimum Gasteiger partial charge on any atom is -0.352 e. The lowest BCUT2D eigenvalue weighted by Crippen LogP contribution is -2.52. The van der Waals surface area contributed by atoms with Gasteiger partial charge in [0.1, 0.15) is 0 Å². The van der Waals surface area contributed by atoms with Crippen molar-refractivity contribution >= 4 is 28.3 Å². The first-order chi connectivity index (χ1) is 12.8. The fourth-order valence-electron chi connectivity index (χ4n) is 4.17. The van der Waals surface area contributed by atoms with Gasteiger partial charge in [-0.05, 0) is 50.3 Å². The third-order valence-electron chi connectivity index (χ3n) is 5.89. The molecule has 2 fully saturated rings. The number of halogens is 1. The quantitative estimate of drug-likeness (QED) is 0.752. The van der Waals surface area contributed by atoms with Crippen molar-refractivity contribution in [3.63, 3.8) is 0 Å². The number of sulfonamides is 1. The van der Waals surface area contributed by atoms with Gasteiger partial charge in [-0.25, -0.2) is 8.42 Å². The average molecular weight is 430 g/mol. The summed E-state index contributed by atoms with van der Waals surface area (Å²) in [6.07, 6.45) is 6.65. The second kappa shape index (κ2) is 9.57. The molecule has 1 aliphatic heterocycles. The number of piperidine rings is 1. The molecule has 1 saturated heterocycles. The average Bonchev–Trinajstić information content (AvgIpc) is 2.66. The summed E-state index contributed by atoms with van der Waals surface area (Å²) in [5, 5.41) is 2.96. The second-order valence-electron chi connectivity index (χ2n) is 8.13. The van der Waals surface area contributed by atoms with Gasteiger partial charge >= 0.3 is 0 Å². The molecule has 1 aromatic rings. The Kier molecular flexibility index (Phi) is 7.90. The number of hydrogen-bond donors (Lipinski definition) is 2. The van der Waals surface area contributed by atoms with Crippen molar-refractivity contribution in [2.75, 3.05) is 13.1 Å². The van der Waals surface area contributed by atoms with Crippen molar-refractivity contribution in [3.05, 3.63) is 29.8 Å². The normalized spacial score (nSPS) is 26.3. The maximum absolute atomic E-state index is 12.8. The summed E-state index contributed by atoms with van der Waals surface area (Å²) in [5.74, 6) is -0.226. The number of nitrogens with one attached hydrogen (secondary N) is 1. The number of nitrogens with two attached hydrogens (primary N) is 1. The lowest BCUT2D eigenvalue weighted by atomic mass is 9.74. The lowest BCUT2D eigenvalue weighted by Gasteiger charge is -2.37. The summed E-state index contributed by atoms with van der Waals surface area (Å²) in [7, 11) is -3.46. The van der Waals surface area contributed by atoms with Crippen LogP contribution in [0.4, 0.5) is 0 Å². The van der Waals surface area contributed by atoms with Gasteiger partial charge in [-0.3, -0.25) is 4.79 Å². The van der Waals surface area contributed by atoms with Gasteiger partial charge in [0.25, 0.3) is 0 Å². The Balaban J connectivity index is 0.00000280. The van der Waals surface area contributed by atoms with E-state index in [-0.39, 0.29) is 24.2 Å². The van der Waals surface area contributed by atoms with Gasteiger partial charge in [0.05, 0.1) is 10.8 Å². The van der Waals surface area contributed by atoms with Gasteiger partial charge < -0.3 is 11.1 Å². The van der Waals surface area contributed by atoms with Crippen LogP contribution in [0.25, 0.3) is 0 Å². The number of hydrogen-bond acceptors (Lipinski definition) is 4. The van der Waals surface area contributed by atoms with Crippen LogP contribution < -0.4 is 11.1 Å². The number of carbonyl (C=O) groups excluding carboxylic acids is 1. The van der Waals surface area contributed by atoms with E-state index in [2.05, 4.69) is 5.32 Å². The van der Waals surface area contributed by atoms with Crippen molar-refractivity contribution in [2.24, 2.45) is 11.7 Å².